The van der Waals surface area contributed by atoms with Crippen molar-refractivity contribution in [3.8, 4) is 0 Å². The van der Waals surface area contributed by atoms with Crippen LogP contribution < -0.4 is 5.32 Å². The van der Waals surface area contributed by atoms with Crippen molar-refractivity contribution in [3.05, 3.63) is 101 Å². The maximum Gasteiger partial charge on any atom is 0.255 e. The van der Waals surface area contributed by atoms with Crippen molar-refractivity contribution in [3.63, 3.8) is 0 Å². The second-order valence-corrected chi connectivity index (χ2v) is 9.61. The van der Waals surface area contributed by atoms with E-state index in [0.717, 1.165) is 55.7 Å². The van der Waals surface area contributed by atoms with Gasteiger partial charge in [-0.2, -0.15) is 0 Å². The molecule has 174 valence electrons. The number of anilines is 1. The second-order valence-electron chi connectivity index (χ2n) is 9.61. The number of benzene rings is 3. The fourth-order valence-corrected chi connectivity index (χ4v) is 5.42. The lowest BCUT2D eigenvalue weighted by molar-refractivity contribution is 0.0876. The third-order valence-corrected chi connectivity index (χ3v) is 7.45. The molecule has 0 spiro atoms. The van der Waals surface area contributed by atoms with E-state index in [1.165, 1.54) is 18.4 Å². The smallest absolute Gasteiger partial charge is 0.255 e. The molecule has 0 radical (unpaired) electrons. The minimum atomic E-state index is -0.137. The van der Waals surface area contributed by atoms with Crippen molar-refractivity contribution in [2.24, 2.45) is 5.92 Å². The number of likely N-dealkylation sites (tertiary alicyclic amines) is 1. The van der Waals surface area contributed by atoms with E-state index in [0.29, 0.717) is 11.5 Å². The van der Waals surface area contributed by atoms with Crippen LogP contribution in [0.15, 0.2) is 78.9 Å². The molecule has 3 aromatic rings. The molecule has 0 bridgehead atoms. The maximum absolute atomic E-state index is 13.2. The molecule has 3 aromatic carbocycles. The summed E-state index contributed by atoms with van der Waals surface area (Å²) in [4.78, 5) is 28.3. The number of carbonyl (C=O) groups is 2. The molecule has 1 saturated heterocycles. The molecule has 34 heavy (non-hydrogen) atoms. The van der Waals surface area contributed by atoms with Gasteiger partial charge in [0.1, 0.15) is 0 Å². The van der Waals surface area contributed by atoms with E-state index in [4.69, 9.17) is 0 Å². The van der Waals surface area contributed by atoms with E-state index in [-0.39, 0.29) is 17.6 Å². The summed E-state index contributed by atoms with van der Waals surface area (Å²) in [6.07, 6.45) is 5.04. The van der Waals surface area contributed by atoms with Gasteiger partial charge in [0.25, 0.3) is 5.91 Å². The molecule has 5 rings (SSSR count). The first-order valence-corrected chi connectivity index (χ1v) is 12.5. The number of carbonyl (C=O) groups excluding carboxylic acids is 2. The molecule has 4 nitrogen and oxygen atoms in total. The Hall–Kier alpha value is -3.24. The summed E-state index contributed by atoms with van der Waals surface area (Å²) in [5.41, 5.74) is 4.64. The molecular weight excluding hydrogens is 420 g/mol. The standard InChI is InChI=1S/C30H32N2O2/c33-29-24(17-20-32-18-15-23(16-19-32)22-7-3-1-4-8-22)11-12-25-21-26(13-14-28(25)29)30(34)31-27-9-5-2-6-10-27/h1-10,13-14,21,23-24H,11-12,15-20H2,(H,31,34). The summed E-state index contributed by atoms with van der Waals surface area (Å²) in [6, 6.07) is 25.8. The number of amides is 1. The highest BCUT2D eigenvalue weighted by Gasteiger charge is 2.29. The first-order valence-electron chi connectivity index (χ1n) is 12.5. The van der Waals surface area contributed by atoms with E-state index in [1.54, 1.807) is 6.07 Å². The van der Waals surface area contributed by atoms with Gasteiger partial charge in [0.15, 0.2) is 5.78 Å². The lowest BCUT2D eigenvalue weighted by Gasteiger charge is -2.33. The fourth-order valence-electron chi connectivity index (χ4n) is 5.42. The highest BCUT2D eigenvalue weighted by molar-refractivity contribution is 6.06. The number of para-hydroxylation sites is 1. The quantitative estimate of drug-likeness (QED) is 0.502. The van der Waals surface area contributed by atoms with Gasteiger partial charge in [-0.15, -0.1) is 0 Å². The van der Waals surface area contributed by atoms with E-state index in [2.05, 4.69) is 40.5 Å². The van der Waals surface area contributed by atoms with Crippen LogP contribution in [0, 0.1) is 5.92 Å². The van der Waals surface area contributed by atoms with E-state index in [1.807, 2.05) is 42.5 Å². The summed E-state index contributed by atoms with van der Waals surface area (Å²) < 4.78 is 0. The summed E-state index contributed by atoms with van der Waals surface area (Å²) in [6.45, 7) is 3.21. The molecule has 0 aromatic heterocycles. The minimum Gasteiger partial charge on any atom is -0.322 e. The van der Waals surface area contributed by atoms with Gasteiger partial charge in [0, 0.05) is 22.7 Å². The number of ketones is 1. The molecule has 4 heteroatoms. The van der Waals surface area contributed by atoms with Gasteiger partial charge < -0.3 is 10.2 Å². The van der Waals surface area contributed by atoms with Crippen LogP contribution in [0.5, 0.6) is 0 Å². The molecule has 1 heterocycles. The molecule has 1 fully saturated rings. The van der Waals surface area contributed by atoms with Gasteiger partial charge in [-0.25, -0.2) is 0 Å². The number of hydrogen-bond donors (Lipinski definition) is 1. The molecule has 1 N–H and O–H groups in total. The first-order chi connectivity index (χ1) is 16.7. The third-order valence-electron chi connectivity index (χ3n) is 7.45. The van der Waals surface area contributed by atoms with Crippen molar-refractivity contribution in [1.29, 1.82) is 0 Å². The SMILES string of the molecule is O=C(Nc1ccccc1)c1ccc2c(c1)CCC(CCN1CCC(c3ccccc3)CC1)C2=O. The molecule has 1 atom stereocenters. The number of nitrogens with one attached hydrogen (secondary N) is 1. The minimum absolute atomic E-state index is 0.0864. The van der Waals surface area contributed by atoms with Crippen LogP contribution in [-0.2, 0) is 6.42 Å². The van der Waals surface area contributed by atoms with Crippen LogP contribution in [0.2, 0.25) is 0 Å². The van der Waals surface area contributed by atoms with Crippen molar-refractivity contribution >= 4 is 17.4 Å². The molecule has 1 unspecified atom stereocenters. The summed E-state index contributed by atoms with van der Waals surface area (Å²) in [5.74, 6) is 0.857. The number of fused-ring (bicyclic) bond motifs is 1. The van der Waals surface area contributed by atoms with Crippen LogP contribution in [0.3, 0.4) is 0 Å². The Labute approximate surface area is 202 Å². The first kappa shape index (κ1) is 22.5. The number of rotatable bonds is 6. The molecular formula is C30H32N2O2. The van der Waals surface area contributed by atoms with Crippen LogP contribution in [0.1, 0.15) is 63.4 Å². The summed E-state index contributed by atoms with van der Waals surface area (Å²) in [5, 5.41) is 2.93. The zero-order valence-corrected chi connectivity index (χ0v) is 19.6. The monoisotopic (exact) mass is 452 g/mol. The fraction of sp³-hybridized carbons (Fsp3) is 0.333. The molecule has 2 aliphatic rings. The van der Waals surface area contributed by atoms with Crippen LogP contribution in [0.25, 0.3) is 0 Å². The average Bonchev–Trinajstić information content (AvgIpc) is 2.89. The Morgan fingerprint density at radius 1 is 0.882 bits per heavy atom. The van der Waals surface area contributed by atoms with Crippen LogP contribution >= 0.6 is 0 Å². The van der Waals surface area contributed by atoms with Crippen molar-refractivity contribution in [2.75, 3.05) is 25.0 Å². The summed E-state index contributed by atoms with van der Waals surface area (Å²) in [7, 11) is 0. The highest BCUT2D eigenvalue weighted by atomic mass is 16.1. The Morgan fingerprint density at radius 3 is 2.32 bits per heavy atom. The summed E-state index contributed by atoms with van der Waals surface area (Å²) >= 11 is 0. The zero-order chi connectivity index (χ0) is 23.3. The van der Waals surface area contributed by atoms with E-state index in [9.17, 15) is 9.59 Å². The topological polar surface area (TPSA) is 49.4 Å². The number of piperidine rings is 1. The highest BCUT2D eigenvalue weighted by Crippen LogP contribution is 2.31. The Bertz CT molecular complexity index is 1130. The maximum atomic E-state index is 13.2. The average molecular weight is 453 g/mol. The van der Waals surface area contributed by atoms with Gasteiger partial charge in [0.2, 0.25) is 0 Å². The third kappa shape index (κ3) is 5.13. The second kappa shape index (κ2) is 10.4. The molecule has 1 aliphatic heterocycles. The van der Waals surface area contributed by atoms with Crippen LogP contribution in [-0.4, -0.2) is 36.2 Å². The molecule has 1 amide bonds. The number of aryl methyl sites for hydroxylation is 1. The van der Waals surface area contributed by atoms with Crippen molar-refractivity contribution < 1.29 is 9.59 Å². The van der Waals surface area contributed by atoms with Gasteiger partial charge in [-0.1, -0.05) is 54.6 Å². The Balaban J connectivity index is 1.14. The lowest BCUT2D eigenvalue weighted by Crippen LogP contribution is -2.35. The number of hydrogen-bond acceptors (Lipinski definition) is 3. The zero-order valence-electron chi connectivity index (χ0n) is 19.6. The van der Waals surface area contributed by atoms with Gasteiger partial charge >= 0.3 is 0 Å². The van der Waals surface area contributed by atoms with Crippen LogP contribution in [0.4, 0.5) is 5.69 Å². The van der Waals surface area contributed by atoms with Crippen molar-refractivity contribution in [1.82, 2.24) is 4.90 Å². The van der Waals surface area contributed by atoms with Crippen molar-refractivity contribution in [2.45, 2.75) is 38.0 Å². The normalized spacial score (nSPS) is 18.9. The largest absolute Gasteiger partial charge is 0.322 e. The Morgan fingerprint density at radius 2 is 1.59 bits per heavy atom. The predicted octanol–water partition coefficient (Wildman–Crippen LogP) is 5.95. The lowest BCUT2D eigenvalue weighted by atomic mass is 9.80. The molecule has 1 aliphatic carbocycles. The predicted molar refractivity (Wildman–Crippen MR) is 136 cm³/mol. The molecule has 0 saturated carbocycles. The van der Waals surface area contributed by atoms with E-state index >= 15 is 0 Å². The van der Waals surface area contributed by atoms with Gasteiger partial charge in [-0.3, -0.25) is 9.59 Å². The number of nitrogens with zero attached hydrogens (tertiary/aromatic N) is 1. The van der Waals surface area contributed by atoms with E-state index < -0.39 is 0 Å². The van der Waals surface area contributed by atoms with Gasteiger partial charge in [0.05, 0.1) is 0 Å². The number of Topliss-reactive ketones (excluding diaryl/α,β-unsaturated/α-hetero) is 1. The van der Waals surface area contributed by atoms with Gasteiger partial charge in [-0.05, 0) is 93.0 Å². The Kier molecular flexibility index (Phi) is 6.87.